The summed E-state index contributed by atoms with van der Waals surface area (Å²) in [6.45, 7) is 12.2. The predicted octanol–water partition coefficient (Wildman–Crippen LogP) is 2.92. The monoisotopic (exact) mass is 422 g/mol. The molecule has 2 amide bonds. The van der Waals surface area contributed by atoms with E-state index in [4.69, 9.17) is 9.47 Å². The average Bonchev–Trinajstić information content (AvgIpc) is 2.58. The summed E-state index contributed by atoms with van der Waals surface area (Å²) in [4.78, 5) is 37.6. The fourth-order valence-corrected chi connectivity index (χ4v) is 2.61. The molecule has 168 valence electrons. The summed E-state index contributed by atoms with van der Waals surface area (Å²) in [5, 5.41) is 14.7. The molecule has 8 nitrogen and oxygen atoms in total. The van der Waals surface area contributed by atoms with Crippen molar-refractivity contribution in [1.82, 2.24) is 10.6 Å². The van der Waals surface area contributed by atoms with Gasteiger partial charge in [-0.15, -0.1) is 0 Å². The highest BCUT2D eigenvalue weighted by Crippen LogP contribution is 2.13. The fourth-order valence-electron chi connectivity index (χ4n) is 2.61. The number of phenols is 1. The van der Waals surface area contributed by atoms with Crippen LogP contribution in [0.2, 0.25) is 0 Å². The normalized spacial score (nSPS) is 13.5. The first-order valence-electron chi connectivity index (χ1n) is 10.1. The Morgan fingerprint density at radius 1 is 1.00 bits per heavy atom. The third-order valence-electron chi connectivity index (χ3n) is 3.95. The van der Waals surface area contributed by atoms with Crippen LogP contribution in [0.4, 0.5) is 4.79 Å². The van der Waals surface area contributed by atoms with E-state index >= 15 is 0 Å². The second-order valence-electron chi connectivity index (χ2n) is 8.79. The van der Waals surface area contributed by atoms with Gasteiger partial charge in [-0.3, -0.25) is 4.79 Å². The van der Waals surface area contributed by atoms with Gasteiger partial charge in [0.1, 0.15) is 23.4 Å². The number of esters is 1. The smallest absolute Gasteiger partial charge is 0.408 e. The number of carbonyl (C=O) groups excluding carboxylic acids is 3. The SMILES string of the molecule is CC(C)OC(=O)[C@H](Cc1ccc(O)cc1)NC(=O)[C@@H](NC(=O)OC(C)(C)C)C(C)C. The molecule has 0 aromatic heterocycles. The Kier molecular flexibility index (Phi) is 9.14. The zero-order valence-corrected chi connectivity index (χ0v) is 18.8. The Labute approximate surface area is 178 Å². The van der Waals surface area contributed by atoms with Crippen molar-refractivity contribution < 1.29 is 29.0 Å². The van der Waals surface area contributed by atoms with Gasteiger partial charge in [-0.25, -0.2) is 9.59 Å². The number of alkyl carbamates (subject to hydrolysis) is 1. The summed E-state index contributed by atoms with van der Waals surface area (Å²) in [7, 11) is 0. The molecule has 0 saturated heterocycles. The number of carbonyl (C=O) groups is 3. The number of rotatable bonds is 8. The summed E-state index contributed by atoms with van der Waals surface area (Å²) in [5.41, 5.74) is 0.0323. The number of hydrogen-bond acceptors (Lipinski definition) is 6. The first-order valence-corrected chi connectivity index (χ1v) is 10.1. The molecule has 1 aromatic rings. The molecule has 30 heavy (non-hydrogen) atoms. The number of amides is 2. The van der Waals surface area contributed by atoms with Crippen molar-refractivity contribution in [2.75, 3.05) is 0 Å². The lowest BCUT2D eigenvalue weighted by molar-refractivity contribution is -0.151. The van der Waals surface area contributed by atoms with Gasteiger partial charge in [-0.05, 0) is 58.2 Å². The standard InChI is InChI=1S/C22H34N2O6/c1-13(2)18(24-21(28)30-22(5,6)7)19(26)23-17(20(27)29-14(3)4)12-15-8-10-16(25)11-9-15/h8-11,13-14,17-18,25H,12H2,1-7H3,(H,23,26)(H,24,28)/t17-,18-/m0/s1. The van der Waals surface area contributed by atoms with Crippen LogP contribution in [0.5, 0.6) is 5.75 Å². The van der Waals surface area contributed by atoms with Gasteiger partial charge in [0.2, 0.25) is 5.91 Å². The lowest BCUT2D eigenvalue weighted by Gasteiger charge is -2.27. The molecule has 0 spiro atoms. The van der Waals surface area contributed by atoms with Crippen LogP contribution in [0.3, 0.4) is 0 Å². The molecule has 0 fully saturated rings. The van der Waals surface area contributed by atoms with Crippen LogP contribution < -0.4 is 10.6 Å². The molecule has 1 aromatic carbocycles. The molecule has 0 bridgehead atoms. The topological polar surface area (TPSA) is 114 Å². The van der Waals surface area contributed by atoms with Gasteiger partial charge in [-0.2, -0.15) is 0 Å². The number of benzene rings is 1. The van der Waals surface area contributed by atoms with Crippen molar-refractivity contribution in [2.45, 2.75) is 78.7 Å². The van der Waals surface area contributed by atoms with E-state index in [0.717, 1.165) is 5.56 Å². The summed E-state index contributed by atoms with van der Waals surface area (Å²) < 4.78 is 10.5. The van der Waals surface area contributed by atoms with Gasteiger partial charge in [0.15, 0.2) is 0 Å². The van der Waals surface area contributed by atoms with E-state index in [1.807, 2.05) is 0 Å². The molecule has 0 aliphatic heterocycles. The van der Waals surface area contributed by atoms with E-state index < -0.39 is 35.7 Å². The molecule has 1 rings (SSSR count). The maximum atomic E-state index is 12.9. The maximum Gasteiger partial charge on any atom is 0.408 e. The second-order valence-corrected chi connectivity index (χ2v) is 8.79. The van der Waals surface area contributed by atoms with Crippen LogP contribution >= 0.6 is 0 Å². The maximum absolute atomic E-state index is 12.9. The quantitative estimate of drug-likeness (QED) is 0.555. The largest absolute Gasteiger partial charge is 0.508 e. The van der Waals surface area contributed by atoms with Crippen LogP contribution in [-0.4, -0.2) is 46.9 Å². The van der Waals surface area contributed by atoms with E-state index in [1.165, 1.54) is 12.1 Å². The van der Waals surface area contributed by atoms with Gasteiger partial charge >= 0.3 is 12.1 Å². The van der Waals surface area contributed by atoms with E-state index in [1.54, 1.807) is 60.6 Å². The summed E-state index contributed by atoms with van der Waals surface area (Å²) >= 11 is 0. The number of aromatic hydroxyl groups is 1. The van der Waals surface area contributed by atoms with Crippen LogP contribution in [0.15, 0.2) is 24.3 Å². The van der Waals surface area contributed by atoms with Gasteiger partial charge in [0.05, 0.1) is 6.10 Å². The van der Waals surface area contributed by atoms with Gasteiger partial charge < -0.3 is 25.2 Å². The molecule has 2 atom stereocenters. The predicted molar refractivity (Wildman–Crippen MR) is 113 cm³/mol. The zero-order valence-electron chi connectivity index (χ0n) is 18.8. The van der Waals surface area contributed by atoms with Gasteiger partial charge in [0, 0.05) is 6.42 Å². The third kappa shape index (κ3) is 9.15. The first kappa shape index (κ1) is 25.3. The van der Waals surface area contributed by atoms with Gasteiger partial charge in [0.25, 0.3) is 0 Å². The minimum Gasteiger partial charge on any atom is -0.508 e. The second kappa shape index (κ2) is 10.8. The Morgan fingerprint density at radius 3 is 2.03 bits per heavy atom. The molecule has 8 heteroatoms. The Balaban J connectivity index is 2.97. The van der Waals surface area contributed by atoms with Crippen molar-refractivity contribution in [3.63, 3.8) is 0 Å². The zero-order chi connectivity index (χ0) is 23.1. The minimum absolute atomic E-state index is 0.102. The highest BCUT2D eigenvalue weighted by molar-refractivity contribution is 5.90. The van der Waals surface area contributed by atoms with Crippen LogP contribution in [-0.2, 0) is 25.5 Å². The third-order valence-corrected chi connectivity index (χ3v) is 3.95. The lowest BCUT2D eigenvalue weighted by Crippen LogP contribution is -2.55. The minimum atomic E-state index is -0.953. The van der Waals surface area contributed by atoms with Crippen molar-refractivity contribution >= 4 is 18.0 Å². The van der Waals surface area contributed by atoms with E-state index in [0.29, 0.717) is 0 Å². The molecule has 0 heterocycles. The molecule has 0 saturated carbocycles. The average molecular weight is 423 g/mol. The van der Waals surface area contributed by atoms with Crippen LogP contribution in [0, 0.1) is 5.92 Å². The van der Waals surface area contributed by atoms with Crippen molar-refractivity contribution in [3.8, 4) is 5.75 Å². The van der Waals surface area contributed by atoms with Crippen molar-refractivity contribution in [2.24, 2.45) is 5.92 Å². The molecule has 3 N–H and O–H groups in total. The van der Waals surface area contributed by atoms with Crippen LogP contribution in [0.25, 0.3) is 0 Å². The lowest BCUT2D eigenvalue weighted by atomic mass is 10.0. The molecular formula is C22H34N2O6. The van der Waals surface area contributed by atoms with Crippen LogP contribution in [0.1, 0.15) is 54.0 Å². The number of phenolic OH excluding ortho intramolecular Hbond substituents is 1. The van der Waals surface area contributed by atoms with Crippen molar-refractivity contribution in [1.29, 1.82) is 0 Å². The highest BCUT2D eigenvalue weighted by Gasteiger charge is 2.31. The Bertz CT molecular complexity index is 722. The summed E-state index contributed by atoms with van der Waals surface area (Å²) in [5.74, 6) is -1.23. The Morgan fingerprint density at radius 2 is 1.57 bits per heavy atom. The van der Waals surface area contributed by atoms with E-state index in [-0.39, 0.29) is 24.2 Å². The fraction of sp³-hybridized carbons (Fsp3) is 0.591. The summed E-state index contributed by atoms with van der Waals surface area (Å²) in [6.07, 6.45) is -0.886. The van der Waals surface area contributed by atoms with Crippen molar-refractivity contribution in [3.05, 3.63) is 29.8 Å². The molecular weight excluding hydrogens is 388 g/mol. The highest BCUT2D eigenvalue weighted by atomic mass is 16.6. The molecule has 0 aliphatic carbocycles. The number of ether oxygens (including phenoxy) is 2. The number of nitrogens with one attached hydrogen (secondary N) is 2. The molecule has 0 radical (unpaired) electrons. The van der Waals surface area contributed by atoms with Gasteiger partial charge in [-0.1, -0.05) is 26.0 Å². The molecule has 0 unspecified atom stereocenters. The summed E-state index contributed by atoms with van der Waals surface area (Å²) in [6, 6.07) is 4.48. The number of hydrogen-bond donors (Lipinski definition) is 3. The van der Waals surface area contributed by atoms with E-state index in [9.17, 15) is 19.5 Å². The van der Waals surface area contributed by atoms with E-state index in [2.05, 4.69) is 10.6 Å². The first-order chi connectivity index (χ1) is 13.8. The molecule has 0 aliphatic rings. The Hall–Kier alpha value is -2.77.